The highest BCUT2D eigenvalue weighted by molar-refractivity contribution is 7.98. The van der Waals surface area contributed by atoms with E-state index in [-0.39, 0.29) is 6.10 Å². The summed E-state index contributed by atoms with van der Waals surface area (Å²) in [5.41, 5.74) is 1.28. The zero-order valence-electron chi connectivity index (χ0n) is 12.0. The second kappa shape index (κ2) is 6.87. The fourth-order valence-corrected chi connectivity index (χ4v) is 2.69. The predicted octanol–water partition coefficient (Wildman–Crippen LogP) is 3.34. The molecule has 1 N–H and O–H groups in total. The van der Waals surface area contributed by atoms with Gasteiger partial charge in [0, 0.05) is 18.0 Å². The number of hydrogen-bond donors (Lipinski definition) is 1. The summed E-state index contributed by atoms with van der Waals surface area (Å²) in [7, 11) is 0. The first-order valence-corrected chi connectivity index (χ1v) is 8.30. The van der Waals surface area contributed by atoms with Gasteiger partial charge in [0.25, 0.3) is 0 Å². The first-order valence-electron chi connectivity index (χ1n) is 7.07. The van der Waals surface area contributed by atoms with Crippen LogP contribution >= 0.6 is 11.8 Å². The molecule has 1 heterocycles. The minimum absolute atomic E-state index is 0.0605. The molecule has 0 fully saturated rings. The smallest absolute Gasteiger partial charge is 0.161 e. The van der Waals surface area contributed by atoms with Gasteiger partial charge in [0.15, 0.2) is 11.5 Å². The Bertz CT molecular complexity index is 586. The SMILES string of the molecule is CSc1ccc(CNCC2COc3ccccc3O2)cc1. The maximum atomic E-state index is 5.92. The van der Waals surface area contributed by atoms with Crippen LogP contribution < -0.4 is 14.8 Å². The molecule has 2 aromatic carbocycles. The van der Waals surface area contributed by atoms with Gasteiger partial charge in [-0.3, -0.25) is 0 Å². The molecule has 0 saturated heterocycles. The Morgan fingerprint density at radius 2 is 1.86 bits per heavy atom. The summed E-state index contributed by atoms with van der Waals surface area (Å²) in [6.45, 7) is 2.21. The second-order valence-electron chi connectivity index (χ2n) is 4.98. The molecule has 0 bridgehead atoms. The molecule has 3 rings (SSSR count). The van der Waals surface area contributed by atoms with Crippen LogP contribution in [0.3, 0.4) is 0 Å². The molecule has 4 heteroatoms. The molecule has 0 aromatic heterocycles. The lowest BCUT2D eigenvalue weighted by Gasteiger charge is -2.26. The largest absolute Gasteiger partial charge is 0.486 e. The van der Waals surface area contributed by atoms with Crippen molar-refractivity contribution in [2.45, 2.75) is 17.5 Å². The fraction of sp³-hybridized carbons (Fsp3) is 0.294. The molecule has 0 spiro atoms. The second-order valence-corrected chi connectivity index (χ2v) is 5.86. The summed E-state index contributed by atoms with van der Waals surface area (Å²) in [5, 5.41) is 3.43. The maximum Gasteiger partial charge on any atom is 0.161 e. The molecule has 3 nitrogen and oxygen atoms in total. The number of rotatable bonds is 5. The lowest BCUT2D eigenvalue weighted by molar-refractivity contribution is 0.0902. The van der Waals surface area contributed by atoms with Crippen LogP contribution in [0.5, 0.6) is 11.5 Å². The number of benzene rings is 2. The topological polar surface area (TPSA) is 30.5 Å². The van der Waals surface area contributed by atoms with E-state index in [1.165, 1.54) is 10.5 Å². The quantitative estimate of drug-likeness (QED) is 0.858. The molecular formula is C17H19NO2S. The van der Waals surface area contributed by atoms with Gasteiger partial charge < -0.3 is 14.8 Å². The Morgan fingerprint density at radius 1 is 1.10 bits per heavy atom. The van der Waals surface area contributed by atoms with Crippen LogP contribution in [-0.4, -0.2) is 25.5 Å². The molecular weight excluding hydrogens is 282 g/mol. The van der Waals surface area contributed by atoms with Crippen molar-refractivity contribution in [1.29, 1.82) is 0 Å². The summed E-state index contributed by atoms with van der Waals surface area (Å²) >= 11 is 1.76. The van der Waals surface area contributed by atoms with Gasteiger partial charge in [-0.2, -0.15) is 0 Å². The number of hydrogen-bond acceptors (Lipinski definition) is 4. The van der Waals surface area contributed by atoms with Crippen molar-refractivity contribution in [2.24, 2.45) is 0 Å². The number of nitrogens with one attached hydrogen (secondary N) is 1. The monoisotopic (exact) mass is 301 g/mol. The van der Waals surface area contributed by atoms with E-state index in [2.05, 4.69) is 35.8 Å². The van der Waals surface area contributed by atoms with E-state index >= 15 is 0 Å². The van der Waals surface area contributed by atoms with Crippen LogP contribution in [0.4, 0.5) is 0 Å². The van der Waals surface area contributed by atoms with E-state index in [4.69, 9.17) is 9.47 Å². The molecule has 1 aliphatic heterocycles. The van der Waals surface area contributed by atoms with Gasteiger partial charge in [0.2, 0.25) is 0 Å². The maximum absolute atomic E-state index is 5.92. The normalized spacial score (nSPS) is 16.7. The zero-order chi connectivity index (χ0) is 14.5. The molecule has 0 amide bonds. The third kappa shape index (κ3) is 3.71. The molecule has 1 atom stereocenters. The molecule has 1 aliphatic rings. The third-order valence-electron chi connectivity index (χ3n) is 3.43. The van der Waals surface area contributed by atoms with E-state index in [1.54, 1.807) is 11.8 Å². The highest BCUT2D eigenvalue weighted by Crippen LogP contribution is 2.30. The van der Waals surface area contributed by atoms with Crippen LogP contribution in [0.1, 0.15) is 5.56 Å². The van der Waals surface area contributed by atoms with Crippen molar-refractivity contribution < 1.29 is 9.47 Å². The Balaban J connectivity index is 1.48. The average molecular weight is 301 g/mol. The van der Waals surface area contributed by atoms with Crippen LogP contribution in [0.15, 0.2) is 53.4 Å². The summed E-state index contributed by atoms with van der Waals surface area (Å²) in [6.07, 6.45) is 2.15. The predicted molar refractivity (Wildman–Crippen MR) is 86.3 cm³/mol. The minimum atomic E-state index is 0.0605. The van der Waals surface area contributed by atoms with Crippen molar-refractivity contribution in [3.8, 4) is 11.5 Å². The van der Waals surface area contributed by atoms with Crippen molar-refractivity contribution in [1.82, 2.24) is 5.32 Å². The summed E-state index contributed by atoms with van der Waals surface area (Å²) in [5.74, 6) is 1.67. The Kier molecular flexibility index (Phi) is 4.68. The summed E-state index contributed by atoms with van der Waals surface area (Å²) in [4.78, 5) is 1.29. The molecule has 0 saturated carbocycles. The van der Waals surface area contributed by atoms with Crippen LogP contribution in [0, 0.1) is 0 Å². The van der Waals surface area contributed by atoms with Crippen molar-refractivity contribution >= 4 is 11.8 Å². The minimum Gasteiger partial charge on any atom is -0.486 e. The Labute approximate surface area is 129 Å². The van der Waals surface area contributed by atoms with Crippen molar-refractivity contribution in [3.05, 3.63) is 54.1 Å². The van der Waals surface area contributed by atoms with Gasteiger partial charge in [-0.05, 0) is 36.1 Å². The van der Waals surface area contributed by atoms with Crippen molar-refractivity contribution in [2.75, 3.05) is 19.4 Å². The third-order valence-corrected chi connectivity index (χ3v) is 4.17. The molecule has 110 valence electrons. The number of fused-ring (bicyclic) bond motifs is 1. The van der Waals surface area contributed by atoms with Crippen LogP contribution in [-0.2, 0) is 6.54 Å². The van der Waals surface area contributed by atoms with Gasteiger partial charge in [-0.15, -0.1) is 11.8 Å². The van der Waals surface area contributed by atoms with Crippen molar-refractivity contribution in [3.63, 3.8) is 0 Å². The molecule has 0 radical (unpaired) electrons. The van der Waals surface area contributed by atoms with E-state index in [0.717, 1.165) is 24.6 Å². The molecule has 0 aliphatic carbocycles. The molecule has 2 aromatic rings. The van der Waals surface area contributed by atoms with Gasteiger partial charge in [-0.1, -0.05) is 24.3 Å². The van der Waals surface area contributed by atoms with Gasteiger partial charge in [-0.25, -0.2) is 0 Å². The Hall–Kier alpha value is -1.65. The van der Waals surface area contributed by atoms with E-state index in [0.29, 0.717) is 6.61 Å². The number of para-hydroxylation sites is 2. The van der Waals surface area contributed by atoms with Gasteiger partial charge in [0.05, 0.1) is 0 Å². The summed E-state index contributed by atoms with van der Waals surface area (Å²) in [6, 6.07) is 16.4. The highest BCUT2D eigenvalue weighted by atomic mass is 32.2. The Morgan fingerprint density at radius 3 is 2.62 bits per heavy atom. The van der Waals surface area contributed by atoms with Gasteiger partial charge >= 0.3 is 0 Å². The molecule has 21 heavy (non-hydrogen) atoms. The lowest BCUT2D eigenvalue weighted by Crippen LogP contribution is -2.38. The summed E-state index contributed by atoms with van der Waals surface area (Å²) < 4.78 is 11.6. The van der Waals surface area contributed by atoms with Gasteiger partial charge in [0.1, 0.15) is 12.7 Å². The first-order chi connectivity index (χ1) is 10.3. The van der Waals surface area contributed by atoms with E-state index in [9.17, 15) is 0 Å². The molecule has 1 unspecified atom stereocenters. The van der Waals surface area contributed by atoms with Crippen LogP contribution in [0.2, 0.25) is 0 Å². The number of ether oxygens (including phenoxy) is 2. The average Bonchev–Trinajstić information content (AvgIpc) is 2.55. The first kappa shape index (κ1) is 14.3. The van der Waals surface area contributed by atoms with Crippen LogP contribution in [0.25, 0.3) is 0 Å². The number of thioether (sulfide) groups is 1. The van der Waals surface area contributed by atoms with E-state index in [1.807, 2.05) is 24.3 Å². The standard InChI is InChI=1S/C17H19NO2S/c1-21-15-8-6-13(7-9-15)10-18-11-14-12-19-16-4-2-3-5-17(16)20-14/h2-9,14,18H,10-12H2,1H3. The lowest BCUT2D eigenvalue weighted by atomic mass is 10.2. The fourth-order valence-electron chi connectivity index (χ4n) is 2.28. The highest BCUT2D eigenvalue weighted by Gasteiger charge is 2.19. The zero-order valence-corrected chi connectivity index (χ0v) is 12.9. The van der Waals surface area contributed by atoms with E-state index < -0.39 is 0 Å².